The fourth-order valence-electron chi connectivity index (χ4n) is 2.77. The summed E-state index contributed by atoms with van der Waals surface area (Å²) in [6, 6.07) is 0. The second kappa shape index (κ2) is 4.81. The Kier molecular flexibility index (Phi) is 3.22. The van der Waals surface area contributed by atoms with Crippen molar-refractivity contribution in [3.05, 3.63) is 22.0 Å². The van der Waals surface area contributed by atoms with Crippen molar-refractivity contribution >= 4 is 28.7 Å². The van der Waals surface area contributed by atoms with Gasteiger partial charge in [-0.2, -0.15) is 4.98 Å². The number of halogens is 1. The van der Waals surface area contributed by atoms with Crippen LogP contribution in [0.5, 0.6) is 0 Å². The second-order valence-corrected chi connectivity index (χ2v) is 5.37. The summed E-state index contributed by atoms with van der Waals surface area (Å²) >= 11 is 5.83. The number of carbonyl (C=O) groups excluding carboxylic acids is 1. The monoisotopic (exact) mass is 311 g/mol. The maximum atomic E-state index is 12.6. The molecular formula is C12H14ClN5O3. The van der Waals surface area contributed by atoms with Crippen LogP contribution in [0.4, 0.5) is 0 Å². The minimum absolute atomic E-state index is 0.00790. The van der Waals surface area contributed by atoms with Crippen LogP contribution in [-0.2, 0) is 22.1 Å². The highest BCUT2D eigenvalue weighted by atomic mass is 35.5. The fraction of sp³-hybridized carbons (Fsp3) is 0.500. The first-order chi connectivity index (χ1) is 9.97. The number of hydrogen-bond donors (Lipinski definition) is 1. The number of fused-ring (bicyclic) bond motifs is 1. The van der Waals surface area contributed by atoms with Gasteiger partial charge in [-0.25, -0.2) is 9.78 Å². The van der Waals surface area contributed by atoms with Gasteiger partial charge in [0, 0.05) is 33.1 Å². The lowest BCUT2D eigenvalue weighted by molar-refractivity contribution is -0.131. The molecule has 9 heteroatoms. The average molecular weight is 312 g/mol. The minimum atomic E-state index is -1.15. The lowest BCUT2D eigenvalue weighted by Crippen LogP contribution is -2.53. The smallest absolute Gasteiger partial charge is 0.331 e. The molecule has 3 heterocycles. The molecule has 0 aliphatic carbocycles. The summed E-state index contributed by atoms with van der Waals surface area (Å²) in [5.74, 6) is -0.574. The summed E-state index contributed by atoms with van der Waals surface area (Å²) in [6.07, 6.45) is 2.10. The molecule has 2 aromatic heterocycles. The Bertz CT molecular complexity index is 775. The molecule has 2 aromatic rings. The molecule has 1 aliphatic rings. The van der Waals surface area contributed by atoms with Crippen molar-refractivity contribution in [1.29, 1.82) is 0 Å². The van der Waals surface area contributed by atoms with E-state index >= 15 is 0 Å². The fourth-order valence-corrected chi connectivity index (χ4v) is 2.89. The van der Waals surface area contributed by atoms with Gasteiger partial charge < -0.3 is 10.5 Å². The summed E-state index contributed by atoms with van der Waals surface area (Å²) < 4.78 is 8.00. The molecule has 1 fully saturated rings. The molecule has 112 valence electrons. The average Bonchev–Trinajstić information content (AvgIpc) is 2.71. The first-order valence-electron chi connectivity index (χ1n) is 6.45. The number of amides is 1. The van der Waals surface area contributed by atoms with Crippen molar-refractivity contribution in [2.24, 2.45) is 12.8 Å². The molecule has 0 saturated carbocycles. The number of carbonyl (C=O) groups is 1. The van der Waals surface area contributed by atoms with Gasteiger partial charge in [0.05, 0.1) is 6.20 Å². The Balaban J connectivity index is 2.37. The van der Waals surface area contributed by atoms with Crippen molar-refractivity contribution in [3.63, 3.8) is 0 Å². The van der Waals surface area contributed by atoms with Gasteiger partial charge in [0.25, 0.3) is 0 Å². The number of hydrogen-bond acceptors (Lipinski definition) is 5. The number of imidazole rings is 1. The summed E-state index contributed by atoms with van der Waals surface area (Å²) in [6.45, 7) is 0.704. The predicted octanol–water partition coefficient (Wildman–Crippen LogP) is -0.226. The third-order valence-electron chi connectivity index (χ3n) is 3.98. The molecule has 3 rings (SSSR count). The molecule has 0 unspecified atom stereocenters. The topological polar surface area (TPSA) is 105 Å². The van der Waals surface area contributed by atoms with Gasteiger partial charge in [0.1, 0.15) is 11.1 Å². The van der Waals surface area contributed by atoms with Gasteiger partial charge in [-0.1, -0.05) is 0 Å². The van der Waals surface area contributed by atoms with Crippen LogP contribution in [0.15, 0.2) is 11.0 Å². The SMILES string of the molecule is Cn1c(=O)n(C2(C(N)=O)CCOCC2)c2nc(Cl)ncc21. The number of aromatic nitrogens is 4. The first kappa shape index (κ1) is 14.0. The summed E-state index contributed by atoms with van der Waals surface area (Å²) in [5.41, 5.74) is 4.89. The van der Waals surface area contributed by atoms with Crippen LogP contribution in [0.1, 0.15) is 12.8 Å². The van der Waals surface area contributed by atoms with E-state index in [2.05, 4.69) is 9.97 Å². The highest BCUT2D eigenvalue weighted by molar-refractivity contribution is 6.28. The zero-order valence-corrected chi connectivity index (χ0v) is 12.1. The van der Waals surface area contributed by atoms with E-state index in [-0.39, 0.29) is 11.0 Å². The van der Waals surface area contributed by atoms with Gasteiger partial charge >= 0.3 is 5.69 Å². The van der Waals surface area contributed by atoms with Gasteiger partial charge in [-0.05, 0) is 11.6 Å². The van der Waals surface area contributed by atoms with Crippen molar-refractivity contribution < 1.29 is 9.53 Å². The van der Waals surface area contributed by atoms with Crippen LogP contribution in [0.2, 0.25) is 5.28 Å². The summed E-state index contributed by atoms with van der Waals surface area (Å²) in [4.78, 5) is 32.6. The van der Waals surface area contributed by atoms with Crippen molar-refractivity contribution in [3.8, 4) is 0 Å². The number of nitrogens with zero attached hydrogens (tertiary/aromatic N) is 4. The molecule has 0 spiro atoms. The third kappa shape index (κ3) is 1.94. The number of ether oxygens (including phenoxy) is 1. The van der Waals surface area contributed by atoms with Gasteiger partial charge in [0.2, 0.25) is 11.2 Å². The quantitative estimate of drug-likeness (QED) is 0.772. The molecule has 8 nitrogen and oxygen atoms in total. The van der Waals surface area contributed by atoms with Crippen LogP contribution in [0, 0.1) is 0 Å². The van der Waals surface area contributed by atoms with Crippen molar-refractivity contribution in [2.75, 3.05) is 13.2 Å². The highest BCUT2D eigenvalue weighted by Gasteiger charge is 2.43. The molecule has 0 atom stereocenters. The number of aryl methyl sites for hydroxylation is 1. The Labute approximate surface area is 124 Å². The largest absolute Gasteiger partial charge is 0.381 e. The first-order valence-corrected chi connectivity index (χ1v) is 6.83. The number of rotatable bonds is 2. The van der Waals surface area contributed by atoms with Crippen LogP contribution in [0.3, 0.4) is 0 Å². The lowest BCUT2D eigenvalue weighted by atomic mass is 9.89. The van der Waals surface area contributed by atoms with E-state index in [4.69, 9.17) is 22.1 Å². The third-order valence-corrected chi connectivity index (χ3v) is 4.16. The van der Waals surface area contributed by atoms with E-state index in [1.165, 1.54) is 15.3 Å². The maximum absolute atomic E-state index is 12.6. The van der Waals surface area contributed by atoms with Crippen molar-refractivity contribution in [2.45, 2.75) is 18.4 Å². The lowest BCUT2D eigenvalue weighted by Gasteiger charge is -2.34. The van der Waals surface area contributed by atoms with Crippen LogP contribution in [-0.4, -0.2) is 38.2 Å². The van der Waals surface area contributed by atoms with E-state index in [1.807, 2.05) is 0 Å². The van der Waals surface area contributed by atoms with E-state index in [0.29, 0.717) is 37.2 Å². The molecule has 1 aliphatic heterocycles. The molecule has 1 saturated heterocycles. The predicted molar refractivity (Wildman–Crippen MR) is 75.0 cm³/mol. The van der Waals surface area contributed by atoms with Gasteiger partial charge in [-0.3, -0.25) is 13.9 Å². The van der Waals surface area contributed by atoms with Crippen molar-refractivity contribution in [1.82, 2.24) is 19.1 Å². The van der Waals surface area contributed by atoms with E-state index < -0.39 is 11.4 Å². The normalized spacial score (nSPS) is 18.0. The highest BCUT2D eigenvalue weighted by Crippen LogP contribution is 2.30. The van der Waals surface area contributed by atoms with Crippen LogP contribution < -0.4 is 11.4 Å². The second-order valence-electron chi connectivity index (χ2n) is 5.03. The van der Waals surface area contributed by atoms with E-state index in [0.717, 1.165) is 0 Å². The standard InChI is InChI=1S/C12H14ClN5O3/c1-17-7-6-15-10(13)16-8(7)18(11(17)20)12(9(14)19)2-4-21-5-3-12/h6H,2-5H2,1H3,(H2,14,19). The molecule has 2 N–H and O–H groups in total. The minimum Gasteiger partial charge on any atom is -0.381 e. The van der Waals surface area contributed by atoms with E-state index in [1.54, 1.807) is 7.05 Å². The van der Waals surface area contributed by atoms with Gasteiger partial charge in [-0.15, -0.1) is 0 Å². The zero-order valence-electron chi connectivity index (χ0n) is 11.4. The molecule has 1 amide bonds. The van der Waals surface area contributed by atoms with Crippen LogP contribution in [0.25, 0.3) is 11.2 Å². The number of primary amides is 1. The zero-order chi connectivity index (χ0) is 15.2. The number of nitrogens with two attached hydrogens (primary N) is 1. The molecule has 0 radical (unpaired) electrons. The Hall–Kier alpha value is -1.93. The Morgan fingerprint density at radius 1 is 1.48 bits per heavy atom. The maximum Gasteiger partial charge on any atom is 0.331 e. The van der Waals surface area contributed by atoms with E-state index in [9.17, 15) is 9.59 Å². The Morgan fingerprint density at radius 3 is 2.76 bits per heavy atom. The Morgan fingerprint density at radius 2 is 2.14 bits per heavy atom. The summed E-state index contributed by atoms with van der Waals surface area (Å²) in [7, 11) is 1.59. The summed E-state index contributed by atoms with van der Waals surface area (Å²) in [5, 5.41) is 0.00790. The van der Waals surface area contributed by atoms with Crippen LogP contribution >= 0.6 is 11.6 Å². The molecule has 21 heavy (non-hydrogen) atoms. The van der Waals surface area contributed by atoms with Gasteiger partial charge in [0.15, 0.2) is 5.65 Å². The molecule has 0 bridgehead atoms. The molecular weight excluding hydrogens is 298 g/mol. The molecule has 0 aromatic carbocycles.